The van der Waals surface area contributed by atoms with E-state index >= 15 is 0 Å². The van der Waals surface area contributed by atoms with Gasteiger partial charge >= 0.3 is 11.9 Å². The first-order valence-electron chi connectivity index (χ1n) is 15.6. The Labute approximate surface area is 223 Å². The minimum Gasteiger partial charge on any atom is -0.481 e. The fraction of sp³-hybridized carbons (Fsp3) is 0.875. The van der Waals surface area contributed by atoms with Gasteiger partial charge in [-0.3, -0.25) is 9.59 Å². The first-order chi connectivity index (χ1) is 17.5. The van der Waals surface area contributed by atoms with Crippen LogP contribution in [-0.2, 0) is 14.3 Å². The van der Waals surface area contributed by atoms with Gasteiger partial charge in [0.1, 0.15) is 6.10 Å². The number of ether oxygens (including phenoxy) is 1. The zero-order valence-electron chi connectivity index (χ0n) is 24.0. The zero-order chi connectivity index (χ0) is 26.5. The summed E-state index contributed by atoms with van der Waals surface area (Å²) in [6, 6.07) is 0. The summed E-state index contributed by atoms with van der Waals surface area (Å²) >= 11 is 0. The molecule has 4 nitrogen and oxygen atoms in total. The summed E-state index contributed by atoms with van der Waals surface area (Å²) in [5.74, 6) is -1.94. The third-order valence-electron chi connectivity index (χ3n) is 8.08. The van der Waals surface area contributed by atoms with E-state index in [1.807, 2.05) is 6.08 Å². The Morgan fingerprint density at radius 2 is 1.19 bits per heavy atom. The highest BCUT2D eigenvalue weighted by Gasteiger charge is 2.46. The van der Waals surface area contributed by atoms with Gasteiger partial charge in [0.15, 0.2) is 0 Å². The Hall–Kier alpha value is -1.32. The van der Waals surface area contributed by atoms with E-state index in [1.54, 1.807) is 13.0 Å². The SMILES string of the molecule is CCCCCCCCCCCC(CCCCCCCCCCC)OC(=O)C1(C)C=CCCC1C(=O)O. The maximum atomic E-state index is 13.2. The molecule has 0 saturated carbocycles. The Morgan fingerprint density at radius 3 is 1.61 bits per heavy atom. The largest absolute Gasteiger partial charge is 0.481 e. The van der Waals surface area contributed by atoms with E-state index in [9.17, 15) is 14.7 Å². The van der Waals surface area contributed by atoms with Gasteiger partial charge in [0.2, 0.25) is 0 Å². The van der Waals surface area contributed by atoms with Crippen molar-refractivity contribution in [1.82, 2.24) is 0 Å². The summed E-state index contributed by atoms with van der Waals surface area (Å²) in [6.07, 6.45) is 29.7. The molecule has 0 aromatic carbocycles. The van der Waals surface area contributed by atoms with E-state index in [4.69, 9.17) is 4.74 Å². The van der Waals surface area contributed by atoms with Crippen LogP contribution in [-0.4, -0.2) is 23.1 Å². The van der Waals surface area contributed by atoms with E-state index < -0.39 is 17.3 Å². The third kappa shape index (κ3) is 13.8. The predicted molar refractivity (Wildman–Crippen MR) is 151 cm³/mol. The molecule has 1 aliphatic rings. The van der Waals surface area contributed by atoms with Crippen LogP contribution in [0.15, 0.2) is 12.2 Å². The molecule has 0 bridgehead atoms. The van der Waals surface area contributed by atoms with E-state index in [0.717, 1.165) is 25.7 Å². The Morgan fingerprint density at radius 1 is 0.778 bits per heavy atom. The van der Waals surface area contributed by atoms with Crippen molar-refractivity contribution in [3.8, 4) is 0 Å². The molecule has 0 spiro atoms. The third-order valence-corrected chi connectivity index (χ3v) is 8.08. The number of carboxylic acids is 1. The van der Waals surface area contributed by atoms with Crippen molar-refractivity contribution in [2.24, 2.45) is 11.3 Å². The quantitative estimate of drug-likeness (QED) is 0.0850. The number of aliphatic carboxylic acids is 1. The van der Waals surface area contributed by atoms with Crippen molar-refractivity contribution in [2.45, 2.75) is 168 Å². The fourth-order valence-electron chi connectivity index (χ4n) is 5.50. The van der Waals surface area contributed by atoms with Crippen LogP contribution in [0.4, 0.5) is 0 Å². The van der Waals surface area contributed by atoms with Crippen molar-refractivity contribution in [3.05, 3.63) is 12.2 Å². The number of rotatable bonds is 23. The van der Waals surface area contributed by atoms with Crippen LogP contribution in [0.5, 0.6) is 0 Å². The predicted octanol–water partition coefficient (Wildman–Crippen LogP) is 9.80. The molecule has 0 aromatic heterocycles. The van der Waals surface area contributed by atoms with Gasteiger partial charge in [0.25, 0.3) is 0 Å². The summed E-state index contributed by atoms with van der Waals surface area (Å²) in [5.41, 5.74) is -1.06. The molecule has 0 amide bonds. The summed E-state index contributed by atoms with van der Waals surface area (Å²) in [7, 11) is 0. The number of esters is 1. The maximum absolute atomic E-state index is 13.2. The van der Waals surface area contributed by atoms with Gasteiger partial charge < -0.3 is 9.84 Å². The van der Waals surface area contributed by atoms with Crippen molar-refractivity contribution in [1.29, 1.82) is 0 Å². The molecular formula is C32H58O4. The number of carbonyl (C=O) groups is 2. The van der Waals surface area contributed by atoms with E-state index in [0.29, 0.717) is 12.8 Å². The molecule has 2 unspecified atom stereocenters. The maximum Gasteiger partial charge on any atom is 0.316 e. The number of carboxylic acid groups (broad SMARTS) is 1. The minimum absolute atomic E-state index is 0.0896. The molecule has 0 radical (unpaired) electrons. The summed E-state index contributed by atoms with van der Waals surface area (Å²) in [6.45, 7) is 6.26. The normalized spacial score (nSPS) is 19.6. The highest BCUT2D eigenvalue weighted by atomic mass is 16.5. The van der Waals surface area contributed by atoms with Gasteiger partial charge in [-0.15, -0.1) is 0 Å². The van der Waals surface area contributed by atoms with Crippen LogP contribution in [0.3, 0.4) is 0 Å². The summed E-state index contributed by atoms with van der Waals surface area (Å²) in [4.78, 5) is 25.1. The van der Waals surface area contributed by atoms with Crippen molar-refractivity contribution in [3.63, 3.8) is 0 Å². The smallest absolute Gasteiger partial charge is 0.316 e. The molecule has 2 atom stereocenters. The van der Waals surface area contributed by atoms with Crippen LogP contribution in [0.2, 0.25) is 0 Å². The topological polar surface area (TPSA) is 63.6 Å². The lowest BCUT2D eigenvalue weighted by atomic mass is 9.71. The van der Waals surface area contributed by atoms with Crippen LogP contribution < -0.4 is 0 Å². The van der Waals surface area contributed by atoms with Gasteiger partial charge in [-0.05, 0) is 45.4 Å². The standard InChI is InChI=1S/C32H58O4/c1-4-6-8-10-12-14-16-18-20-24-28(25-21-19-17-15-13-11-9-7-5-2)36-31(35)32(3)27-23-22-26-29(32)30(33)34/h23,27-29H,4-22,24-26H2,1-3H3,(H,33,34). The minimum atomic E-state index is -1.06. The molecule has 0 saturated heterocycles. The molecule has 36 heavy (non-hydrogen) atoms. The molecule has 0 heterocycles. The van der Waals surface area contributed by atoms with Crippen molar-refractivity contribution < 1.29 is 19.4 Å². The number of hydrogen-bond donors (Lipinski definition) is 1. The lowest BCUT2D eigenvalue weighted by Gasteiger charge is -2.34. The second-order valence-corrected chi connectivity index (χ2v) is 11.4. The first-order valence-corrected chi connectivity index (χ1v) is 15.6. The Bertz CT molecular complexity index is 577. The molecule has 4 heteroatoms. The lowest BCUT2D eigenvalue weighted by Crippen LogP contribution is -2.42. The van der Waals surface area contributed by atoms with E-state index in [2.05, 4.69) is 13.8 Å². The van der Waals surface area contributed by atoms with Gasteiger partial charge in [-0.2, -0.15) is 0 Å². The second-order valence-electron chi connectivity index (χ2n) is 11.4. The lowest BCUT2D eigenvalue weighted by molar-refractivity contribution is -0.168. The highest BCUT2D eigenvalue weighted by molar-refractivity contribution is 5.86. The highest BCUT2D eigenvalue weighted by Crippen LogP contribution is 2.38. The van der Waals surface area contributed by atoms with Crippen LogP contribution in [0.25, 0.3) is 0 Å². The average Bonchev–Trinajstić information content (AvgIpc) is 2.86. The molecule has 0 aromatic rings. The number of carbonyl (C=O) groups excluding carboxylic acids is 1. The average molecular weight is 507 g/mol. The Balaban J connectivity index is 2.47. The van der Waals surface area contributed by atoms with Gasteiger partial charge in [-0.1, -0.05) is 129 Å². The molecule has 1 aliphatic carbocycles. The summed E-state index contributed by atoms with van der Waals surface area (Å²) < 4.78 is 6.06. The van der Waals surface area contributed by atoms with Crippen molar-refractivity contribution >= 4 is 11.9 Å². The zero-order valence-corrected chi connectivity index (χ0v) is 24.0. The molecule has 210 valence electrons. The number of unbranched alkanes of at least 4 members (excludes halogenated alkanes) is 16. The van der Waals surface area contributed by atoms with E-state index in [-0.39, 0.29) is 12.1 Å². The van der Waals surface area contributed by atoms with Crippen LogP contribution in [0.1, 0.15) is 162 Å². The molecule has 1 N–H and O–H groups in total. The number of allylic oxidation sites excluding steroid dienone is 1. The van der Waals surface area contributed by atoms with Crippen LogP contribution >= 0.6 is 0 Å². The van der Waals surface area contributed by atoms with Crippen LogP contribution in [0, 0.1) is 11.3 Å². The monoisotopic (exact) mass is 506 g/mol. The van der Waals surface area contributed by atoms with Crippen molar-refractivity contribution in [2.75, 3.05) is 0 Å². The van der Waals surface area contributed by atoms with Gasteiger partial charge in [0.05, 0.1) is 11.3 Å². The summed E-state index contributed by atoms with van der Waals surface area (Å²) in [5, 5.41) is 9.70. The fourth-order valence-corrected chi connectivity index (χ4v) is 5.50. The van der Waals surface area contributed by atoms with Gasteiger partial charge in [-0.25, -0.2) is 0 Å². The molecule has 0 fully saturated rings. The molecule has 1 rings (SSSR count). The first kappa shape index (κ1) is 32.7. The second kappa shape index (κ2) is 20.7. The Kier molecular flexibility index (Phi) is 18.8. The molecule has 0 aliphatic heterocycles. The van der Waals surface area contributed by atoms with E-state index in [1.165, 1.54) is 103 Å². The molecular weight excluding hydrogens is 448 g/mol. The number of hydrogen-bond acceptors (Lipinski definition) is 3. The van der Waals surface area contributed by atoms with Gasteiger partial charge in [0, 0.05) is 0 Å².